The topological polar surface area (TPSA) is 68.8 Å². The average Bonchev–Trinajstić information content (AvgIpc) is 2.51. The normalized spacial score (nSPS) is 10.5. The molecule has 6 nitrogen and oxygen atoms in total. The molecule has 6 heteroatoms. The van der Waals surface area contributed by atoms with Gasteiger partial charge in [0.2, 0.25) is 0 Å². The molecule has 0 aliphatic heterocycles. The van der Waals surface area contributed by atoms with Crippen LogP contribution in [-0.4, -0.2) is 39.2 Å². The molecule has 1 rings (SSSR count). The van der Waals surface area contributed by atoms with E-state index < -0.39 is 6.29 Å². The van der Waals surface area contributed by atoms with Gasteiger partial charge in [0.1, 0.15) is 5.75 Å². The Hall–Kier alpha value is -1.79. The number of hydrogen-bond donors (Lipinski definition) is 2. The molecule has 0 atom stereocenters. The van der Waals surface area contributed by atoms with Crippen molar-refractivity contribution < 1.29 is 19.0 Å². The molecule has 2 amide bonds. The summed E-state index contributed by atoms with van der Waals surface area (Å²) in [6.45, 7) is 5.54. The van der Waals surface area contributed by atoms with E-state index in [-0.39, 0.29) is 6.03 Å². The minimum absolute atomic E-state index is 0.273. The lowest BCUT2D eigenvalue weighted by Gasteiger charge is -2.17. The van der Waals surface area contributed by atoms with Crippen LogP contribution < -0.4 is 15.4 Å². The Bertz CT molecular complexity index is 420. The molecule has 0 spiro atoms. The first-order valence-corrected chi connectivity index (χ1v) is 7.08. The second-order valence-corrected chi connectivity index (χ2v) is 4.22. The molecule has 0 unspecified atom stereocenters. The van der Waals surface area contributed by atoms with E-state index in [0.717, 1.165) is 11.3 Å². The molecule has 1 aromatic rings. The third kappa shape index (κ3) is 6.46. The molecule has 2 N–H and O–H groups in total. The molecular formula is C15H24N2O4. The van der Waals surface area contributed by atoms with Crippen LogP contribution >= 0.6 is 0 Å². The van der Waals surface area contributed by atoms with Crippen molar-refractivity contribution in [2.24, 2.45) is 0 Å². The van der Waals surface area contributed by atoms with Crippen molar-refractivity contribution in [1.29, 1.82) is 0 Å². The highest BCUT2D eigenvalue weighted by Crippen LogP contribution is 2.16. The van der Waals surface area contributed by atoms with Gasteiger partial charge in [0.25, 0.3) is 0 Å². The number of rotatable bonds is 9. The van der Waals surface area contributed by atoms with Crippen LogP contribution in [0.15, 0.2) is 24.3 Å². The molecule has 0 radical (unpaired) electrons. The maximum atomic E-state index is 11.8. The third-order valence-corrected chi connectivity index (χ3v) is 2.77. The standard InChI is InChI=1S/C15H24N2O4/c1-4-20-14(21-5-2)11-17-15(18)16-10-12-8-6-7-9-13(12)19-3/h6-9,14H,4-5,10-11H2,1-3H3,(H2,16,17,18). The molecule has 0 heterocycles. The van der Waals surface area contributed by atoms with Crippen molar-refractivity contribution in [1.82, 2.24) is 10.6 Å². The molecule has 0 fully saturated rings. The Morgan fingerprint density at radius 1 is 1.14 bits per heavy atom. The van der Waals surface area contributed by atoms with Crippen LogP contribution in [0.1, 0.15) is 19.4 Å². The van der Waals surface area contributed by atoms with Gasteiger partial charge in [-0.1, -0.05) is 18.2 Å². The second-order valence-electron chi connectivity index (χ2n) is 4.22. The summed E-state index contributed by atoms with van der Waals surface area (Å²) in [7, 11) is 1.60. The van der Waals surface area contributed by atoms with Gasteiger partial charge in [0.05, 0.1) is 13.7 Å². The maximum absolute atomic E-state index is 11.8. The Labute approximate surface area is 125 Å². The van der Waals surface area contributed by atoms with Crippen LogP contribution in [0.4, 0.5) is 4.79 Å². The van der Waals surface area contributed by atoms with Gasteiger partial charge in [-0.15, -0.1) is 0 Å². The summed E-state index contributed by atoms with van der Waals surface area (Å²) in [5.74, 6) is 0.749. The number of benzene rings is 1. The zero-order chi connectivity index (χ0) is 15.5. The first-order chi connectivity index (χ1) is 10.2. The maximum Gasteiger partial charge on any atom is 0.315 e. The lowest BCUT2D eigenvalue weighted by molar-refractivity contribution is -0.131. The van der Waals surface area contributed by atoms with Gasteiger partial charge >= 0.3 is 6.03 Å². The molecule has 0 saturated heterocycles. The Balaban J connectivity index is 2.36. The van der Waals surface area contributed by atoms with Crippen molar-refractivity contribution in [3.63, 3.8) is 0 Å². The largest absolute Gasteiger partial charge is 0.496 e. The van der Waals surface area contributed by atoms with Gasteiger partial charge in [-0.2, -0.15) is 0 Å². The van der Waals surface area contributed by atoms with Crippen molar-refractivity contribution in [3.8, 4) is 5.75 Å². The Kier molecular flexibility index (Phi) is 8.23. The van der Waals surface area contributed by atoms with E-state index in [1.165, 1.54) is 0 Å². The lowest BCUT2D eigenvalue weighted by Crippen LogP contribution is -2.41. The van der Waals surface area contributed by atoms with Gasteiger partial charge in [-0.25, -0.2) is 4.79 Å². The number of amides is 2. The van der Waals surface area contributed by atoms with Gasteiger partial charge in [0, 0.05) is 25.3 Å². The monoisotopic (exact) mass is 296 g/mol. The van der Waals surface area contributed by atoms with Crippen molar-refractivity contribution in [3.05, 3.63) is 29.8 Å². The van der Waals surface area contributed by atoms with Crippen molar-refractivity contribution >= 4 is 6.03 Å². The van der Waals surface area contributed by atoms with E-state index in [4.69, 9.17) is 14.2 Å². The summed E-state index contributed by atoms with van der Waals surface area (Å²) in [5.41, 5.74) is 0.918. The summed E-state index contributed by atoms with van der Waals surface area (Å²) in [5, 5.41) is 5.49. The van der Waals surface area contributed by atoms with Crippen LogP contribution in [0, 0.1) is 0 Å². The molecule has 0 bridgehead atoms. The van der Waals surface area contributed by atoms with E-state index in [1.54, 1.807) is 7.11 Å². The minimum Gasteiger partial charge on any atom is -0.496 e. The Morgan fingerprint density at radius 2 is 1.81 bits per heavy atom. The number of ether oxygens (including phenoxy) is 3. The molecule has 21 heavy (non-hydrogen) atoms. The van der Waals surface area contributed by atoms with E-state index >= 15 is 0 Å². The van der Waals surface area contributed by atoms with Crippen molar-refractivity contribution in [2.75, 3.05) is 26.9 Å². The number of carbonyl (C=O) groups excluding carboxylic acids is 1. The molecule has 118 valence electrons. The van der Waals surface area contributed by atoms with E-state index in [1.807, 2.05) is 38.1 Å². The summed E-state index contributed by atoms with van der Waals surface area (Å²) in [6, 6.07) is 7.28. The minimum atomic E-state index is -0.419. The van der Waals surface area contributed by atoms with Crippen LogP contribution in [0.25, 0.3) is 0 Å². The summed E-state index contributed by atoms with van der Waals surface area (Å²) in [4.78, 5) is 11.8. The molecule has 0 aliphatic rings. The summed E-state index contributed by atoms with van der Waals surface area (Å²) < 4.78 is 15.9. The Morgan fingerprint density at radius 3 is 2.43 bits per heavy atom. The van der Waals surface area contributed by atoms with Crippen molar-refractivity contribution in [2.45, 2.75) is 26.7 Å². The molecule has 0 saturated carbocycles. The quantitative estimate of drug-likeness (QED) is 0.683. The van der Waals surface area contributed by atoms with E-state index in [2.05, 4.69) is 10.6 Å². The first-order valence-electron chi connectivity index (χ1n) is 7.08. The van der Waals surface area contributed by atoms with E-state index in [0.29, 0.717) is 26.3 Å². The number of nitrogens with one attached hydrogen (secondary N) is 2. The van der Waals surface area contributed by atoms with Gasteiger partial charge in [-0.3, -0.25) is 0 Å². The highest BCUT2D eigenvalue weighted by Gasteiger charge is 2.10. The van der Waals surface area contributed by atoms with Crippen LogP contribution in [0.5, 0.6) is 5.75 Å². The van der Waals surface area contributed by atoms with Gasteiger partial charge < -0.3 is 24.8 Å². The number of methoxy groups -OCH3 is 1. The van der Waals surface area contributed by atoms with Crippen LogP contribution in [0.3, 0.4) is 0 Å². The number of para-hydroxylation sites is 1. The number of carbonyl (C=O) groups is 1. The highest BCUT2D eigenvalue weighted by molar-refractivity contribution is 5.73. The smallest absolute Gasteiger partial charge is 0.315 e. The molecular weight excluding hydrogens is 272 g/mol. The predicted octanol–water partition coefficient (Wildman–Crippen LogP) is 1.89. The third-order valence-electron chi connectivity index (χ3n) is 2.77. The zero-order valence-corrected chi connectivity index (χ0v) is 12.8. The molecule has 0 aliphatic carbocycles. The number of urea groups is 1. The van der Waals surface area contributed by atoms with E-state index in [9.17, 15) is 4.79 Å². The first kappa shape index (κ1) is 17.3. The average molecular weight is 296 g/mol. The molecule has 1 aromatic carbocycles. The fourth-order valence-corrected chi connectivity index (χ4v) is 1.80. The molecule has 0 aromatic heterocycles. The zero-order valence-electron chi connectivity index (χ0n) is 12.8. The fourth-order valence-electron chi connectivity index (χ4n) is 1.80. The number of hydrogen-bond acceptors (Lipinski definition) is 4. The lowest BCUT2D eigenvalue weighted by atomic mass is 10.2. The van der Waals surface area contributed by atoms with Gasteiger partial charge in [-0.05, 0) is 19.9 Å². The SMILES string of the molecule is CCOC(CNC(=O)NCc1ccccc1OC)OCC. The van der Waals surface area contributed by atoms with Crippen LogP contribution in [-0.2, 0) is 16.0 Å². The highest BCUT2D eigenvalue weighted by atomic mass is 16.7. The summed E-state index contributed by atoms with van der Waals surface area (Å²) >= 11 is 0. The fraction of sp³-hybridized carbons (Fsp3) is 0.533. The second kappa shape index (κ2) is 10.0. The summed E-state index contributed by atoms with van der Waals surface area (Å²) in [6.07, 6.45) is -0.419. The van der Waals surface area contributed by atoms with Gasteiger partial charge in [0.15, 0.2) is 6.29 Å². The van der Waals surface area contributed by atoms with Crippen LogP contribution in [0.2, 0.25) is 0 Å². The predicted molar refractivity (Wildman–Crippen MR) is 80.3 cm³/mol.